The lowest BCUT2D eigenvalue weighted by atomic mass is 10.3. The van der Waals surface area contributed by atoms with Gasteiger partial charge in [-0.15, -0.1) is 11.3 Å². The van der Waals surface area contributed by atoms with E-state index in [1.54, 1.807) is 11.3 Å². The van der Waals surface area contributed by atoms with Crippen LogP contribution < -0.4 is 5.32 Å². The fourth-order valence-corrected chi connectivity index (χ4v) is 1.87. The second-order valence-electron chi connectivity index (χ2n) is 3.08. The molecule has 1 rings (SSSR count). The van der Waals surface area contributed by atoms with E-state index >= 15 is 0 Å². The van der Waals surface area contributed by atoms with Gasteiger partial charge >= 0.3 is 5.97 Å². The van der Waals surface area contributed by atoms with Crippen molar-refractivity contribution in [3.8, 4) is 0 Å². The molecule has 0 saturated carbocycles. The second-order valence-corrected chi connectivity index (χ2v) is 4.11. The van der Waals surface area contributed by atoms with Crippen molar-refractivity contribution in [3.05, 3.63) is 22.4 Å². The summed E-state index contributed by atoms with van der Waals surface area (Å²) >= 11 is 1.76. The van der Waals surface area contributed by atoms with E-state index in [0.29, 0.717) is 6.42 Å². The van der Waals surface area contributed by atoms with Gasteiger partial charge in [-0.2, -0.15) is 0 Å². The summed E-state index contributed by atoms with van der Waals surface area (Å²) in [4.78, 5) is 11.6. The number of carbonyl (C=O) groups is 1. The van der Waals surface area contributed by atoms with Gasteiger partial charge in [-0.3, -0.25) is 4.79 Å². The molecule has 0 saturated heterocycles. The van der Waals surface area contributed by atoms with E-state index in [0.717, 1.165) is 19.5 Å². The molecule has 14 heavy (non-hydrogen) atoms. The Hall–Kier alpha value is -0.870. The average molecular weight is 213 g/mol. The van der Waals surface area contributed by atoms with Crippen LogP contribution in [-0.2, 0) is 11.2 Å². The van der Waals surface area contributed by atoms with Crippen molar-refractivity contribution >= 4 is 17.3 Å². The summed E-state index contributed by atoms with van der Waals surface area (Å²) in [5.74, 6) is -0.718. The normalized spacial score (nSPS) is 10.3. The Balaban J connectivity index is 1.92. The van der Waals surface area contributed by atoms with E-state index in [2.05, 4.69) is 16.8 Å². The van der Waals surface area contributed by atoms with E-state index in [1.165, 1.54) is 4.88 Å². The molecule has 0 aliphatic heterocycles. The van der Waals surface area contributed by atoms with Crippen molar-refractivity contribution < 1.29 is 9.90 Å². The molecule has 0 bridgehead atoms. The molecule has 2 N–H and O–H groups in total. The summed E-state index contributed by atoms with van der Waals surface area (Å²) in [6, 6.07) is 4.16. The number of aliphatic carboxylic acids is 1. The molecule has 4 heteroatoms. The third-order valence-electron chi connectivity index (χ3n) is 1.87. The van der Waals surface area contributed by atoms with Crippen LogP contribution in [-0.4, -0.2) is 24.2 Å². The molecule has 0 atom stereocenters. The molecule has 0 spiro atoms. The van der Waals surface area contributed by atoms with Gasteiger partial charge in [-0.25, -0.2) is 0 Å². The van der Waals surface area contributed by atoms with Gasteiger partial charge in [0, 0.05) is 11.3 Å². The van der Waals surface area contributed by atoms with Gasteiger partial charge in [0.25, 0.3) is 0 Å². The summed E-state index contributed by atoms with van der Waals surface area (Å²) in [6.07, 6.45) is 2.00. The summed E-state index contributed by atoms with van der Waals surface area (Å²) in [6.45, 7) is 1.72. The molecule has 3 nitrogen and oxygen atoms in total. The lowest BCUT2D eigenvalue weighted by molar-refractivity contribution is -0.137. The minimum Gasteiger partial charge on any atom is -0.481 e. The first kappa shape index (κ1) is 11.2. The van der Waals surface area contributed by atoms with Crippen LogP contribution in [0.3, 0.4) is 0 Å². The molecule has 0 aliphatic carbocycles. The Labute approximate surface area is 87.8 Å². The number of carboxylic acids is 1. The quantitative estimate of drug-likeness (QED) is 0.678. The molecule has 0 amide bonds. The van der Waals surface area contributed by atoms with Crippen LogP contribution in [0.4, 0.5) is 0 Å². The SMILES string of the molecule is O=C(O)CCCNCCc1cccs1. The molecule has 0 fully saturated rings. The highest BCUT2D eigenvalue weighted by molar-refractivity contribution is 7.09. The zero-order valence-electron chi connectivity index (χ0n) is 8.03. The number of hydrogen-bond donors (Lipinski definition) is 2. The number of carboxylic acid groups (broad SMARTS) is 1. The van der Waals surface area contributed by atoms with Crippen LogP contribution in [0.5, 0.6) is 0 Å². The monoisotopic (exact) mass is 213 g/mol. The molecule has 1 aromatic heterocycles. The highest BCUT2D eigenvalue weighted by Gasteiger charge is 1.96. The van der Waals surface area contributed by atoms with Crippen LogP contribution in [0.1, 0.15) is 17.7 Å². The lowest BCUT2D eigenvalue weighted by Gasteiger charge is -2.01. The molecular weight excluding hydrogens is 198 g/mol. The summed E-state index contributed by atoms with van der Waals surface area (Å²) in [7, 11) is 0. The Morgan fingerprint density at radius 1 is 1.50 bits per heavy atom. The number of thiophene rings is 1. The number of rotatable bonds is 7. The molecule has 0 aromatic carbocycles. The van der Waals surface area contributed by atoms with E-state index in [-0.39, 0.29) is 6.42 Å². The average Bonchev–Trinajstić information content (AvgIpc) is 2.63. The molecule has 1 aromatic rings. The zero-order chi connectivity index (χ0) is 10.2. The predicted molar refractivity (Wildman–Crippen MR) is 57.8 cm³/mol. The number of hydrogen-bond acceptors (Lipinski definition) is 3. The van der Waals surface area contributed by atoms with E-state index in [9.17, 15) is 4.79 Å². The van der Waals surface area contributed by atoms with Crippen molar-refractivity contribution in [1.29, 1.82) is 0 Å². The Morgan fingerprint density at radius 2 is 2.36 bits per heavy atom. The molecule has 0 unspecified atom stereocenters. The zero-order valence-corrected chi connectivity index (χ0v) is 8.85. The molecule has 78 valence electrons. The van der Waals surface area contributed by atoms with Gasteiger partial charge in [0.05, 0.1) is 0 Å². The molecule has 0 aliphatic rings. The fourth-order valence-electron chi connectivity index (χ4n) is 1.16. The van der Waals surface area contributed by atoms with Crippen LogP contribution in [0, 0.1) is 0 Å². The maximum absolute atomic E-state index is 10.2. The Morgan fingerprint density at radius 3 is 3.00 bits per heavy atom. The second kappa shape index (κ2) is 6.56. The van der Waals surface area contributed by atoms with E-state index < -0.39 is 5.97 Å². The van der Waals surface area contributed by atoms with Crippen molar-refractivity contribution in [2.45, 2.75) is 19.3 Å². The topological polar surface area (TPSA) is 49.3 Å². The van der Waals surface area contributed by atoms with Crippen LogP contribution in [0.2, 0.25) is 0 Å². The van der Waals surface area contributed by atoms with E-state index in [1.807, 2.05) is 6.07 Å². The van der Waals surface area contributed by atoms with Gasteiger partial charge < -0.3 is 10.4 Å². The van der Waals surface area contributed by atoms with Crippen molar-refractivity contribution in [2.24, 2.45) is 0 Å². The van der Waals surface area contributed by atoms with Gasteiger partial charge in [0.15, 0.2) is 0 Å². The van der Waals surface area contributed by atoms with Gasteiger partial charge in [-0.05, 0) is 37.4 Å². The predicted octanol–water partition coefficient (Wildman–Crippen LogP) is 1.74. The lowest BCUT2D eigenvalue weighted by Crippen LogP contribution is -2.18. The summed E-state index contributed by atoms with van der Waals surface area (Å²) < 4.78 is 0. The van der Waals surface area contributed by atoms with E-state index in [4.69, 9.17) is 5.11 Å². The van der Waals surface area contributed by atoms with Crippen molar-refractivity contribution in [3.63, 3.8) is 0 Å². The molecule has 1 heterocycles. The van der Waals surface area contributed by atoms with Crippen LogP contribution in [0.25, 0.3) is 0 Å². The Kier molecular flexibility index (Phi) is 5.25. The first-order chi connectivity index (χ1) is 6.79. The number of nitrogens with one attached hydrogen (secondary N) is 1. The molecule has 0 radical (unpaired) electrons. The first-order valence-electron chi connectivity index (χ1n) is 4.74. The Bertz CT molecular complexity index is 259. The van der Waals surface area contributed by atoms with Gasteiger partial charge in [0.2, 0.25) is 0 Å². The minimum absolute atomic E-state index is 0.256. The fraction of sp³-hybridized carbons (Fsp3) is 0.500. The van der Waals surface area contributed by atoms with Crippen LogP contribution in [0.15, 0.2) is 17.5 Å². The maximum Gasteiger partial charge on any atom is 0.303 e. The minimum atomic E-state index is -0.718. The van der Waals surface area contributed by atoms with Crippen molar-refractivity contribution in [1.82, 2.24) is 5.32 Å². The van der Waals surface area contributed by atoms with Crippen molar-refractivity contribution in [2.75, 3.05) is 13.1 Å². The molecular formula is C10H15NO2S. The largest absolute Gasteiger partial charge is 0.481 e. The highest BCUT2D eigenvalue weighted by Crippen LogP contribution is 2.07. The summed E-state index contributed by atoms with van der Waals surface area (Å²) in [5, 5.41) is 13.7. The standard InChI is InChI=1S/C10H15NO2S/c12-10(13)4-1-6-11-7-5-9-3-2-8-14-9/h2-3,8,11H,1,4-7H2,(H,12,13). The van der Waals surface area contributed by atoms with Gasteiger partial charge in [0.1, 0.15) is 0 Å². The van der Waals surface area contributed by atoms with Crippen LogP contribution >= 0.6 is 11.3 Å². The third kappa shape index (κ3) is 4.99. The highest BCUT2D eigenvalue weighted by atomic mass is 32.1. The smallest absolute Gasteiger partial charge is 0.303 e. The maximum atomic E-state index is 10.2. The first-order valence-corrected chi connectivity index (χ1v) is 5.62. The summed E-state index contributed by atoms with van der Waals surface area (Å²) in [5.41, 5.74) is 0. The third-order valence-corrected chi connectivity index (χ3v) is 2.81. The van der Waals surface area contributed by atoms with Gasteiger partial charge in [-0.1, -0.05) is 6.07 Å².